The monoisotopic (exact) mass is 296 g/mol. The summed E-state index contributed by atoms with van der Waals surface area (Å²) in [6, 6.07) is 4.20. The van der Waals surface area contributed by atoms with Crippen molar-refractivity contribution in [2.24, 2.45) is 0 Å². The fourth-order valence-corrected chi connectivity index (χ4v) is 3.75. The van der Waals surface area contributed by atoms with Crippen LogP contribution < -0.4 is 4.90 Å². The number of thiazole rings is 1. The lowest BCUT2D eigenvalue weighted by atomic mass is 9.91. The minimum absolute atomic E-state index is 0.0312. The minimum atomic E-state index is -0.0312. The van der Waals surface area contributed by atoms with Crippen molar-refractivity contribution in [3.63, 3.8) is 0 Å². The van der Waals surface area contributed by atoms with E-state index in [4.69, 9.17) is 4.98 Å². The first-order valence-electron chi connectivity index (χ1n) is 6.26. The summed E-state index contributed by atoms with van der Waals surface area (Å²) in [6.45, 7) is 7.32. The Labute approximate surface area is 122 Å². The predicted molar refractivity (Wildman–Crippen MR) is 83.2 cm³/mol. The van der Waals surface area contributed by atoms with Crippen LogP contribution in [-0.2, 0) is 18.6 Å². The Kier molecular flexibility index (Phi) is 4.28. The number of hydrogen-bond acceptors (Lipinski definition) is 5. The summed E-state index contributed by atoms with van der Waals surface area (Å²) in [5.41, 5.74) is 0.976. The molecule has 0 radical (unpaired) electrons. The molecule has 0 amide bonds. The molecule has 19 heavy (non-hydrogen) atoms. The van der Waals surface area contributed by atoms with Gasteiger partial charge in [-0.2, -0.15) is 0 Å². The van der Waals surface area contributed by atoms with Gasteiger partial charge in [-0.3, -0.25) is 0 Å². The number of nitrogens with zero attached hydrogens (tertiary/aromatic N) is 2. The Bertz CT molecular complexity index is 526. The minimum Gasteiger partial charge on any atom is -0.391 e. The molecule has 0 spiro atoms. The second kappa shape index (κ2) is 5.61. The third-order valence-electron chi connectivity index (χ3n) is 2.84. The number of aliphatic hydroxyl groups excluding tert-OH is 1. The Balaban J connectivity index is 2.23. The lowest BCUT2D eigenvalue weighted by Gasteiger charge is -2.17. The molecule has 0 bridgehead atoms. The molecule has 2 aromatic heterocycles. The largest absolute Gasteiger partial charge is 0.391 e. The van der Waals surface area contributed by atoms with Gasteiger partial charge in [-0.05, 0) is 11.4 Å². The topological polar surface area (TPSA) is 36.4 Å². The van der Waals surface area contributed by atoms with Crippen LogP contribution in [-0.4, -0.2) is 17.1 Å². The van der Waals surface area contributed by atoms with Crippen molar-refractivity contribution in [1.29, 1.82) is 0 Å². The van der Waals surface area contributed by atoms with Crippen molar-refractivity contribution in [2.45, 2.75) is 39.3 Å². The van der Waals surface area contributed by atoms with Gasteiger partial charge in [-0.15, -0.1) is 11.3 Å². The van der Waals surface area contributed by atoms with Crippen LogP contribution in [0.5, 0.6) is 0 Å². The number of rotatable bonds is 4. The first-order valence-corrected chi connectivity index (χ1v) is 7.96. The summed E-state index contributed by atoms with van der Waals surface area (Å²) in [5.74, 6) is 0. The van der Waals surface area contributed by atoms with Gasteiger partial charge in [0.1, 0.15) is 0 Å². The van der Waals surface area contributed by atoms with E-state index in [2.05, 4.69) is 43.2 Å². The molecule has 0 saturated heterocycles. The molecule has 2 aromatic rings. The third-order valence-corrected chi connectivity index (χ3v) is 4.86. The molecule has 0 fully saturated rings. The average molecular weight is 296 g/mol. The lowest BCUT2D eigenvalue weighted by molar-refractivity contribution is 0.282. The van der Waals surface area contributed by atoms with Gasteiger partial charge in [0.25, 0.3) is 0 Å². The van der Waals surface area contributed by atoms with Gasteiger partial charge < -0.3 is 10.0 Å². The fraction of sp³-hybridized carbons (Fsp3) is 0.500. The molecule has 2 heterocycles. The molecule has 0 aliphatic rings. The van der Waals surface area contributed by atoms with E-state index in [1.807, 2.05) is 7.05 Å². The second-order valence-electron chi connectivity index (χ2n) is 5.61. The Morgan fingerprint density at radius 3 is 2.58 bits per heavy atom. The van der Waals surface area contributed by atoms with E-state index in [1.54, 1.807) is 22.7 Å². The van der Waals surface area contributed by atoms with Crippen molar-refractivity contribution < 1.29 is 5.11 Å². The zero-order valence-electron chi connectivity index (χ0n) is 11.8. The smallest absolute Gasteiger partial charge is 0.185 e. The van der Waals surface area contributed by atoms with Gasteiger partial charge >= 0.3 is 0 Å². The molecule has 0 aliphatic carbocycles. The highest BCUT2D eigenvalue weighted by Gasteiger charge is 2.24. The molecule has 0 unspecified atom stereocenters. The summed E-state index contributed by atoms with van der Waals surface area (Å²) >= 11 is 3.34. The van der Waals surface area contributed by atoms with Gasteiger partial charge in [0.05, 0.1) is 23.7 Å². The average Bonchev–Trinajstić information content (AvgIpc) is 2.95. The maximum absolute atomic E-state index is 9.49. The number of hydrogen-bond donors (Lipinski definition) is 1. The molecule has 0 saturated carbocycles. The lowest BCUT2D eigenvalue weighted by Crippen LogP contribution is -2.17. The molecule has 1 N–H and O–H groups in total. The SMILES string of the molecule is CN(Cc1cccs1)c1nc(C(C)(C)C)c(CO)s1. The normalized spacial score (nSPS) is 11.8. The quantitative estimate of drug-likeness (QED) is 0.936. The zero-order valence-corrected chi connectivity index (χ0v) is 13.4. The van der Waals surface area contributed by atoms with E-state index in [0.717, 1.165) is 22.2 Å². The van der Waals surface area contributed by atoms with E-state index in [0.29, 0.717) is 0 Å². The summed E-state index contributed by atoms with van der Waals surface area (Å²) in [5, 5.41) is 12.5. The van der Waals surface area contributed by atoms with E-state index < -0.39 is 0 Å². The van der Waals surface area contributed by atoms with Crippen LogP contribution in [0.3, 0.4) is 0 Å². The number of thiophene rings is 1. The summed E-state index contributed by atoms with van der Waals surface area (Å²) in [4.78, 5) is 9.16. The van der Waals surface area contributed by atoms with E-state index >= 15 is 0 Å². The van der Waals surface area contributed by atoms with Crippen LogP contribution in [0.1, 0.15) is 36.2 Å². The highest BCUT2D eigenvalue weighted by atomic mass is 32.1. The highest BCUT2D eigenvalue weighted by molar-refractivity contribution is 7.15. The van der Waals surface area contributed by atoms with Crippen molar-refractivity contribution in [3.05, 3.63) is 33.0 Å². The third kappa shape index (κ3) is 3.35. The molecular weight excluding hydrogens is 276 g/mol. The van der Waals surface area contributed by atoms with Crippen molar-refractivity contribution in [1.82, 2.24) is 4.98 Å². The first kappa shape index (κ1) is 14.5. The zero-order chi connectivity index (χ0) is 14.0. The standard InChI is InChI=1S/C14H20N2OS2/c1-14(2,3)12-11(9-17)19-13(15-12)16(4)8-10-6-5-7-18-10/h5-7,17H,8-9H2,1-4H3. The first-order chi connectivity index (χ1) is 8.91. The van der Waals surface area contributed by atoms with Crippen LogP contribution in [0, 0.1) is 0 Å². The Hall–Kier alpha value is -0.910. The molecule has 104 valence electrons. The van der Waals surface area contributed by atoms with E-state index in [9.17, 15) is 5.11 Å². The second-order valence-corrected chi connectivity index (χ2v) is 7.71. The molecule has 3 nitrogen and oxygen atoms in total. The van der Waals surface area contributed by atoms with E-state index in [-0.39, 0.29) is 12.0 Å². The van der Waals surface area contributed by atoms with Crippen LogP contribution in [0.4, 0.5) is 5.13 Å². The van der Waals surface area contributed by atoms with Crippen LogP contribution in [0.2, 0.25) is 0 Å². The van der Waals surface area contributed by atoms with Gasteiger partial charge in [-0.1, -0.05) is 38.2 Å². The molecule has 0 atom stereocenters. The molecule has 5 heteroatoms. The summed E-state index contributed by atoms with van der Waals surface area (Å²) in [6.07, 6.45) is 0. The maximum Gasteiger partial charge on any atom is 0.185 e. The number of aliphatic hydroxyl groups is 1. The van der Waals surface area contributed by atoms with Crippen LogP contribution >= 0.6 is 22.7 Å². The van der Waals surface area contributed by atoms with Crippen LogP contribution in [0.25, 0.3) is 0 Å². The molecule has 2 rings (SSSR count). The van der Waals surface area contributed by atoms with Crippen molar-refractivity contribution in [3.8, 4) is 0 Å². The molecule has 0 aromatic carbocycles. The molecular formula is C14H20N2OS2. The number of aromatic nitrogens is 1. The number of anilines is 1. The summed E-state index contributed by atoms with van der Waals surface area (Å²) in [7, 11) is 2.05. The van der Waals surface area contributed by atoms with Crippen molar-refractivity contribution >= 4 is 27.8 Å². The fourth-order valence-electron chi connectivity index (χ4n) is 1.90. The van der Waals surface area contributed by atoms with Gasteiger partial charge in [-0.25, -0.2) is 4.98 Å². The van der Waals surface area contributed by atoms with Crippen LogP contribution in [0.15, 0.2) is 17.5 Å². The van der Waals surface area contributed by atoms with Gasteiger partial charge in [0.2, 0.25) is 0 Å². The Morgan fingerprint density at radius 2 is 2.11 bits per heavy atom. The van der Waals surface area contributed by atoms with E-state index in [1.165, 1.54) is 4.88 Å². The Morgan fingerprint density at radius 1 is 1.37 bits per heavy atom. The molecule has 0 aliphatic heterocycles. The van der Waals surface area contributed by atoms with Crippen molar-refractivity contribution in [2.75, 3.05) is 11.9 Å². The highest BCUT2D eigenvalue weighted by Crippen LogP contribution is 2.34. The van der Waals surface area contributed by atoms with Gasteiger partial charge in [0.15, 0.2) is 5.13 Å². The van der Waals surface area contributed by atoms with Gasteiger partial charge in [0, 0.05) is 17.3 Å². The maximum atomic E-state index is 9.49. The summed E-state index contributed by atoms with van der Waals surface area (Å²) < 4.78 is 0. The predicted octanol–water partition coefficient (Wildman–Crippen LogP) is 3.63.